The van der Waals surface area contributed by atoms with Crippen molar-refractivity contribution in [2.45, 2.75) is 32.4 Å². The van der Waals surface area contributed by atoms with Crippen molar-refractivity contribution in [3.8, 4) is 0 Å². The van der Waals surface area contributed by atoms with Crippen LogP contribution in [0.25, 0.3) is 0 Å². The van der Waals surface area contributed by atoms with E-state index in [1.54, 1.807) is 19.0 Å². The van der Waals surface area contributed by atoms with Gasteiger partial charge in [-0.15, -0.1) is 0 Å². The Bertz CT molecular complexity index is 842. The molecule has 0 spiro atoms. The average molecular weight is 422 g/mol. The number of hydrogen-bond donors (Lipinski definition) is 2. The van der Waals surface area contributed by atoms with E-state index in [-0.39, 0.29) is 5.91 Å². The number of aliphatic imine (C=N–C) groups is 1. The predicted molar refractivity (Wildman–Crippen MR) is 127 cm³/mol. The number of hydrogen-bond acceptors (Lipinski definition) is 3. The third kappa shape index (κ3) is 6.56. The summed E-state index contributed by atoms with van der Waals surface area (Å²) in [5.41, 5.74) is 3.11. The summed E-state index contributed by atoms with van der Waals surface area (Å²) in [7, 11) is 3.53. The largest absolute Gasteiger partial charge is 0.357 e. The lowest BCUT2D eigenvalue weighted by molar-refractivity contribution is 0.0827. The molecule has 2 aromatic carbocycles. The Morgan fingerprint density at radius 1 is 1.03 bits per heavy atom. The van der Waals surface area contributed by atoms with Crippen LogP contribution >= 0.6 is 0 Å². The van der Waals surface area contributed by atoms with Crippen molar-refractivity contribution in [1.29, 1.82) is 0 Å². The molecule has 0 radical (unpaired) electrons. The fourth-order valence-electron chi connectivity index (χ4n) is 3.90. The van der Waals surface area contributed by atoms with Crippen molar-refractivity contribution in [1.82, 2.24) is 20.4 Å². The van der Waals surface area contributed by atoms with Gasteiger partial charge in [-0.3, -0.25) is 9.69 Å². The van der Waals surface area contributed by atoms with Crippen molar-refractivity contribution in [3.63, 3.8) is 0 Å². The van der Waals surface area contributed by atoms with Crippen LogP contribution in [-0.2, 0) is 6.54 Å². The molecule has 0 bridgehead atoms. The molecule has 0 aromatic heterocycles. The summed E-state index contributed by atoms with van der Waals surface area (Å²) in [5.74, 6) is 0.829. The Kier molecular flexibility index (Phi) is 8.47. The maximum atomic E-state index is 12.1. The minimum atomic E-state index is 0.0129. The third-order valence-corrected chi connectivity index (χ3v) is 5.60. The standard InChI is InChI=1S/C25H35N5O/c1-4-26-25(27-18-20-12-14-22(15-13-20)24(31)29(2)3)28-19-23(30-16-8-9-17-30)21-10-6-5-7-11-21/h5-7,10-15,23H,4,8-9,16-19H2,1-3H3,(H2,26,27,28). The third-order valence-electron chi connectivity index (χ3n) is 5.60. The zero-order chi connectivity index (χ0) is 22.1. The number of carbonyl (C=O) groups excluding carboxylic acids is 1. The minimum absolute atomic E-state index is 0.0129. The highest BCUT2D eigenvalue weighted by molar-refractivity contribution is 5.93. The van der Waals surface area contributed by atoms with Gasteiger partial charge in [-0.25, -0.2) is 4.99 Å². The Labute approximate surface area is 186 Å². The summed E-state index contributed by atoms with van der Waals surface area (Å²) in [4.78, 5) is 21.0. The molecule has 3 rings (SSSR count). The molecule has 31 heavy (non-hydrogen) atoms. The van der Waals surface area contributed by atoms with Crippen LogP contribution in [-0.4, -0.2) is 61.9 Å². The van der Waals surface area contributed by atoms with E-state index in [9.17, 15) is 4.79 Å². The van der Waals surface area contributed by atoms with E-state index in [0.29, 0.717) is 18.2 Å². The summed E-state index contributed by atoms with van der Waals surface area (Å²) in [6.07, 6.45) is 2.54. The molecule has 0 saturated carbocycles. The van der Waals surface area contributed by atoms with Crippen molar-refractivity contribution in [2.24, 2.45) is 4.99 Å². The van der Waals surface area contributed by atoms with Gasteiger partial charge in [0.05, 0.1) is 12.6 Å². The highest BCUT2D eigenvalue weighted by Crippen LogP contribution is 2.24. The van der Waals surface area contributed by atoms with Crippen LogP contribution in [0, 0.1) is 0 Å². The molecule has 1 aliphatic rings. The number of amides is 1. The summed E-state index contributed by atoms with van der Waals surface area (Å²) in [5, 5.41) is 6.90. The van der Waals surface area contributed by atoms with Crippen LogP contribution in [0.2, 0.25) is 0 Å². The zero-order valence-electron chi connectivity index (χ0n) is 19.0. The van der Waals surface area contributed by atoms with Gasteiger partial charge in [0.2, 0.25) is 0 Å². The number of carbonyl (C=O) groups is 1. The normalized spacial score (nSPS) is 15.5. The van der Waals surface area contributed by atoms with Crippen molar-refractivity contribution in [3.05, 3.63) is 71.3 Å². The van der Waals surface area contributed by atoms with E-state index in [1.165, 1.54) is 18.4 Å². The molecule has 0 aliphatic carbocycles. The first-order valence-corrected chi connectivity index (χ1v) is 11.2. The van der Waals surface area contributed by atoms with Gasteiger partial charge in [-0.1, -0.05) is 42.5 Å². The molecule has 6 nitrogen and oxygen atoms in total. The van der Waals surface area contributed by atoms with Crippen LogP contribution in [0.4, 0.5) is 0 Å². The number of benzene rings is 2. The number of rotatable bonds is 8. The van der Waals surface area contributed by atoms with Gasteiger partial charge in [-0.2, -0.15) is 0 Å². The molecule has 1 aliphatic heterocycles. The SMILES string of the molecule is CCNC(=NCc1ccc(C(=O)N(C)C)cc1)NCC(c1ccccc1)N1CCCC1. The number of likely N-dealkylation sites (tertiary alicyclic amines) is 1. The van der Waals surface area contributed by atoms with Crippen LogP contribution in [0.1, 0.15) is 47.3 Å². The molecule has 1 atom stereocenters. The quantitative estimate of drug-likeness (QED) is 0.507. The second-order valence-corrected chi connectivity index (χ2v) is 8.14. The smallest absolute Gasteiger partial charge is 0.253 e. The van der Waals surface area contributed by atoms with Crippen LogP contribution in [0.3, 0.4) is 0 Å². The minimum Gasteiger partial charge on any atom is -0.357 e. The van der Waals surface area contributed by atoms with Crippen LogP contribution in [0.5, 0.6) is 0 Å². The lowest BCUT2D eigenvalue weighted by Crippen LogP contribution is -2.42. The Hall–Kier alpha value is -2.86. The Morgan fingerprint density at radius 2 is 1.71 bits per heavy atom. The summed E-state index contributed by atoms with van der Waals surface area (Å²) >= 11 is 0. The molecular formula is C25H35N5O. The first-order chi connectivity index (χ1) is 15.1. The Balaban J connectivity index is 1.65. The number of nitrogens with one attached hydrogen (secondary N) is 2. The van der Waals surface area contributed by atoms with E-state index in [4.69, 9.17) is 4.99 Å². The van der Waals surface area contributed by atoms with Crippen molar-refractivity contribution < 1.29 is 4.79 Å². The lowest BCUT2D eigenvalue weighted by Gasteiger charge is -2.29. The van der Waals surface area contributed by atoms with E-state index in [1.807, 2.05) is 24.3 Å². The molecule has 6 heteroatoms. The molecule has 1 unspecified atom stereocenters. The van der Waals surface area contributed by atoms with Gasteiger partial charge < -0.3 is 15.5 Å². The number of guanidine groups is 1. The molecule has 1 heterocycles. The van der Waals surface area contributed by atoms with E-state index < -0.39 is 0 Å². The molecule has 1 fully saturated rings. The number of nitrogens with zero attached hydrogens (tertiary/aromatic N) is 3. The van der Waals surface area contributed by atoms with Gasteiger partial charge in [-0.05, 0) is 56.1 Å². The highest BCUT2D eigenvalue weighted by atomic mass is 16.2. The van der Waals surface area contributed by atoms with Crippen LogP contribution in [0.15, 0.2) is 59.6 Å². The lowest BCUT2D eigenvalue weighted by atomic mass is 10.1. The fraction of sp³-hybridized carbons (Fsp3) is 0.440. The molecule has 2 aromatic rings. The molecule has 166 valence electrons. The van der Waals surface area contributed by atoms with Crippen molar-refractivity contribution >= 4 is 11.9 Å². The van der Waals surface area contributed by atoms with Crippen LogP contribution < -0.4 is 10.6 Å². The van der Waals surface area contributed by atoms with Gasteiger partial charge in [0.1, 0.15) is 0 Å². The predicted octanol–water partition coefficient (Wildman–Crippen LogP) is 3.28. The molecule has 1 saturated heterocycles. The highest BCUT2D eigenvalue weighted by Gasteiger charge is 2.23. The molecule has 2 N–H and O–H groups in total. The van der Waals surface area contributed by atoms with Gasteiger partial charge in [0.15, 0.2) is 5.96 Å². The zero-order valence-corrected chi connectivity index (χ0v) is 19.0. The average Bonchev–Trinajstić information content (AvgIpc) is 3.32. The second kappa shape index (κ2) is 11.5. The Morgan fingerprint density at radius 3 is 2.32 bits per heavy atom. The summed E-state index contributed by atoms with van der Waals surface area (Å²) in [6, 6.07) is 18.7. The summed E-state index contributed by atoms with van der Waals surface area (Å²) in [6.45, 7) is 6.55. The second-order valence-electron chi connectivity index (χ2n) is 8.14. The summed E-state index contributed by atoms with van der Waals surface area (Å²) < 4.78 is 0. The van der Waals surface area contributed by atoms with E-state index >= 15 is 0 Å². The fourth-order valence-corrected chi connectivity index (χ4v) is 3.90. The maximum Gasteiger partial charge on any atom is 0.253 e. The molecule has 1 amide bonds. The first kappa shape index (κ1) is 22.8. The first-order valence-electron chi connectivity index (χ1n) is 11.2. The molecular weight excluding hydrogens is 386 g/mol. The van der Waals surface area contributed by atoms with Gasteiger partial charge in [0.25, 0.3) is 5.91 Å². The topological polar surface area (TPSA) is 60.0 Å². The maximum absolute atomic E-state index is 12.1. The van der Waals surface area contributed by atoms with Crippen molar-refractivity contribution in [2.75, 3.05) is 40.3 Å². The van der Waals surface area contributed by atoms with E-state index in [2.05, 4.69) is 52.8 Å². The van der Waals surface area contributed by atoms with Gasteiger partial charge in [0, 0.05) is 32.7 Å². The van der Waals surface area contributed by atoms with Gasteiger partial charge >= 0.3 is 0 Å². The van der Waals surface area contributed by atoms with E-state index in [0.717, 1.165) is 37.7 Å². The monoisotopic (exact) mass is 421 g/mol.